The molecule has 1 fully saturated rings. The van der Waals surface area contributed by atoms with Gasteiger partial charge in [0.2, 0.25) is 11.8 Å². The molecule has 0 spiro atoms. The molecule has 4 N–H and O–H groups in total. The average Bonchev–Trinajstić information content (AvgIpc) is 2.68. The first-order chi connectivity index (χ1) is 14.7. The number of nitrogens with zero attached hydrogens (tertiary/aromatic N) is 2. The number of likely N-dealkylation sites (tertiary alicyclic amines) is 1. The fraction of sp³-hybridized carbons (Fsp3) is 0.500. The van der Waals surface area contributed by atoms with Crippen LogP contribution in [0.4, 0.5) is 0 Å². The summed E-state index contributed by atoms with van der Waals surface area (Å²) in [6, 6.07) is 2.22. The minimum absolute atomic E-state index is 0. The minimum atomic E-state index is -1.25. The topological polar surface area (TPSA) is 143 Å². The number of nitrogens with two attached hydrogens (primary N) is 1. The molecule has 0 radical (unpaired) electrons. The molecule has 0 unspecified atom stereocenters. The number of aryl methyl sites for hydroxylation is 1. The molecule has 10 nitrogen and oxygen atoms in total. The molecule has 12 heteroatoms. The van der Waals surface area contributed by atoms with E-state index in [1.807, 2.05) is 0 Å². The zero-order valence-electron chi connectivity index (χ0n) is 18.2. The standard InChI is InChI=1S/C18H24BN3O7.ClH/c1-21(2)12(7-14(20)23)17(24)22-8-11(9-22)28-13-4-3-10-5-6-19(27)29-16(10)15(13)18(25)26;/h3-4,11-12,27H,5-9H2,1-2H3,(H2,20,23)(H,25,26);1H/t12-;/m0./s1/i1D,2D;. The van der Waals surface area contributed by atoms with Crippen LogP contribution in [0.25, 0.3) is 0 Å². The lowest BCUT2D eigenvalue weighted by molar-refractivity contribution is -0.146. The number of hydrogen-bond donors (Lipinski definition) is 3. The monoisotopic (exact) mass is 443 g/mol. The first-order valence-corrected chi connectivity index (χ1v) is 9.05. The zero-order chi connectivity index (χ0) is 22.7. The first-order valence-electron chi connectivity index (χ1n) is 10.5. The molecule has 2 heterocycles. The van der Waals surface area contributed by atoms with Gasteiger partial charge in [-0.2, -0.15) is 0 Å². The molecule has 0 aliphatic carbocycles. The highest BCUT2D eigenvalue weighted by Crippen LogP contribution is 2.37. The van der Waals surface area contributed by atoms with Gasteiger partial charge in [0, 0.05) is 2.74 Å². The van der Waals surface area contributed by atoms with Crippen LogP contribution in [0.1, 0.15) is 25.1 Å². The van der Waals surface area contributed by atoms with Crippen molar-refractivity contribution in [1.82, 2.24) is 9.80 Å². The molecular weight excluding hydrogens is 416 g/mol. The van der Waals surface area contributed by atoms with Gasteiger partial charge in [-0.05, 0) is 38.4 Å². The summed E-state index contributed by atoms with van der Waals surface area (Å²) in [6.07, 6.45) is 0.0634. The molecule has 30 heavy (non-hydrogen) atoms. The number of carbonyl (C=O) groups is 3. The van der Waals surface area contributed by atoms with Gasteiger partial charge in [-0.3, -0.25) is 14.5 Å². The van der Waals surface area contributed by atoms with Crippen molar-refractivity contribution in [3.63, 3.8) is 0 Å². The maximum absolute atomic E-state index is 12.7. The van der Waals surface area contributed by atoms with E-state index in [0.717, 1.165) is 0 Å². The van der Waals surface area contributed by atoms with Crippen molar-refractivity contribution in [2.45, 2.75) is 31.3 Å². The number of hydrogen-bond acceptors (Lipinski definition) is 7. The van der Waals surface area contributed by atoms with Crippen molar-refractivity contribution in [2.75, 3.05) is 27.1 Å². The van der Waals surface area contributed by atoms with Gasteiger partial charge in [0.25, 0.3) is 0 Å². The fourth-order valence-corrected chi connectivity index (χ4v) is 3.36. The molecular formula is C18H25BClN3O7. The fourth-order valence-electron chi connectivity index (χ4n) is 3.36. The van der Waals surface area contributed by atoms with Gasteiger partial charge in [-0.1, -0.05) is 6.07 Å². The SMILES string of the molecule is Cl.[2H]CN(C[2H])[C@@H](CC(N)=O)C(=O)N1CC(Oc2ccc3c(c2C(=O)O)OB(O)CC3)C1. The lowest BCUT2D eigenvalue weighted by Gasteiger charge is -2.41. The summed E-state index contributed by atoms with van der Waals surface area (Å²) >= 11 is 0. The predicted molar refractivity (Wildman–Crippen MR) is 110 cm³/mol. The lowest BCUT2D eigenvalue weighted by Crippen LogP contribution is -2.60. The van der Waals surface area contributed by atoms with Crippen molar-refractivity contribution in [3.05, 3.63) is 23.3 Å². The molecule has 2 aliphatic heterocycles. The van der Waals surface area contributed by atoms with E-state index in [0.29, 0.717) is 18.3 Å². The number of carboxylic acids is 1. The van der Waals surface area contributed by atoms with E-state index < -0.39 is 37.0 Å². The van der Waals surface area contributed by atoms with Crippen LogP contribution >= 0.6 is 12.4 Å². The van der Waals surface area contributed by atoms with Gasteiger partial charge < -0.3 is 30.2 Å². The van der Waals surface area contributed by atoms with Gasteiger partial charge in [0.15, 0.2) is 0 Å². The summed E-state index contributed by atoms with van der Waals surface area (Å²) in [5.74, 6) is -2.24. The van der Waals surface area contributed by atoms with E-state index in [1.54, 1.807) is 6.07 Å². The van der Waals surface area contributed by atoms with Crippen LogP contribution in [-0.2, 0) is 16.0 Å². The van der Waals surface area contributed by atoms with E-state index in [2.05, 4.69) is 0 Å². The van der Waals surface area contributed by atoms with Crippen molar-refractivity contribution in [3.8, 4) is 11.5 Å². The second kappa shape index (κ2) is 9.54. The molecule has 1 atom stereocenters. The maximum atomic E-state index is 12.7. The van der Waals surface area contributed by atoms with Crippen molar-refractivity contribution in [1.29, 1.82) is 0 Å². The first kappa shape index (κ1) is 20.8. The van der Waals surface area contributed by atoms with Crippen LogP contribution in [0, 0.1) is 0 Å². The number of rotatable bonds is 7. The van der Waals surface area contributed by atoms with Crippen molar-refractivity contribution in [2.24, 2.45) is 5.73 Å². The summed E-state index contributed by atoms with van der Waals surface area (Å²) < 4.78 is 26.0. The molecule has 164 valence electrons. The minimum Gasteiger partial charge on any atom is -0.535 e. The third kappa shape index (κ3) is 4.97. The zero-order valence-corrected chi connectivity index (χ0v) is 17.0. The number of halogens is 1. The molecule has 1 aromatic carbocycles. The second-order valence-corrected chi connectivity index (χ2v) is 7.10. The number of fused-ring (bicyclic) bond motifs is 1. The summed E-state index contributed by atoms with van der Waals surface area (Å²) in [5, 5.41) is 19.4. The quantitative estimate of drug-likeness (QED) is 0.484. The smallest absolute Gasteiger partial charge is 0.522 e. The van der Waals surface area contributed by atoms with E-state index in [1.165, 1.54) is 15.9 Å². The van der Waals surface area contributed by atoms with E-state index >= 15 is 0 Å². The number of aromatic carboxylic acids is 1. The Hall–Kier alpha value is -2.50. The molecule has 3 rings (SSSR count). The van der Waals surface area contributed by atoms with Crippen LogP contribution < -0.4 is 15.1 Å². The Balaban J connectivity index is 0.00000363. The van der Waals surface area contributed by atoms with E-state index in [4.69, 9.17) is 17.9 Å². The number of amides is 2. The lowest BCUT2D eigenvalue weighted by atomic mass is 9.78. The molecule has 0 bridgehead atoms. The molecule has 1 aromatic rings. The summed E-state index contributed by atoms with van der Waals surface area (Å²) in [4.78, 5) is 38.5. The Bertz CT molecular complexity index is 871. The van der Waals surface area contributed by atoms with Crippen LogP contribution in [0.5, 0.6) is 11.5 Å². The normalized spacial score (nSPS) is 17.5. The summed E-state index contributed by atoms with van der Waals surface area (Å²) in [6.45, 7) is 0.301. The Kier molecular flexibility index (Phi) is 6.61. The number of carboxylic acid groups (broad SMARTS) is 1. The van der Waals surface area contributed by atoms with Crippen LogP contribution in [0.3, 0.4) is 0 Å². The summed E-state index contributed by atoms with van der Waals surface area (Å²) in [7, 11) is -1.75. The number of ether oxygens (including phenoxy) is 1. The highest BCUT2D eigenvalue weighted by molar-refractivity contribution is 6.44. The summed E-state index contributed by atoms with van der Waals surface area (Å²) in [5.41, 5.74) is 5.70. The molecule has 0 aromatic heterocycles. The van der Waals surface area contributed by atoms with E-state index in [-0.39, 0.29) is 63.0 Å². The highest BCUT2D eigenvalue weighted by atomic mass is 35.5. The van der Waals surface area contributed by atoms with Crippen molar-refractivity contribution >= 4 is 37.3 Å². The Morgan fingerprint density at radius 1 is 1.43 bits per heavy atom. The van der Waals surface area contributed by atoms with Gasteiger partial charge >= 0.3 is 13.1 Å². The number of benzene rings is 1. The van der Waals surface area contributed by atoms with Crippen LogP contribution in [-0.4, -0.2) is 84.1 Å². The molecule has 2 amide bonds. The highest BCUT2D eigenvalue weighted by Gasteiger charge is 2.38. The predicted octanol–water partition coefficient (Wildman–Crippen LogP) is -0.383. The van der Waals surface area contributed by atoms with E-state index in [9.17, 15) is 24.5 Å². The Morgan fingerprint density at radius 2 is 2.13 bits per heavy atom. The number of primary amides is 1. The molecule has 1 saturated heterocycles. The van der Waals surface area contributed by atoms with Gasteiger partial charge in [-0.25, -0.2) is 4.79 Å². The van der Waals surface area contributed by atoms with Gasteiger partial charge in [-0.15, -0.1) is 12.4 Å². The Labute approximate surface area is 183 Å². The second-order valence-electron chi connectivity index (χ2n) is 7.10. The Morgan fingerprint density at radius 3 is 2.73 bits per heavy atom. The third-order valence-electron chi connectivity index (χ3n) is 4.90. The number of likely N-dealkylation sites (N-methyl/N-ethyl adjacent to an activating group) is 1. The number of carbonyl (C=O) groups excluding carboxylic acids is 2. The van der Waals surface area contributed by atoms with Crippen molar-refractivity contribution < 1.29 is 36.6 Å². The van der Waals surface area contributed by atoms with Gasteiger partial charge in [0.1, 0.15) is 23.2 Å². The van der Waals surface area contributed by atoms with Gasteiger partial charge in [0.05, 0.1) is 25.6 Å². The largest absolute Gasteiger partial charge is 0.535 e. The van der Waals surface area contributed by atoms with Crippen LogP contribution in [0.2, 0.25) is 6.32 Å². The maximum Gasteiger partial charge on any atom is 0.522 e. The third-order valence-corrected chi connectivity index (χ3v) is 4.90. The molecule has 2 aliphatic rings. The average molecular weight is 444 g/mol. The van der Waals surface area contributed by atoms with Crippen LogP contribution in [0.15, 0.2) is 12.1 Å². The molecule has 0 saturated carbocycles.